The van der Waals surface area contributed by atoms with Crippen molar-refractivity contribution in [1.82, 2.24) is 0 Å². The minimum atomic E-state index is 0.460. The highest BCUT2D eigenvalue weighted by Crippen LogP contribution is 2.32. The zero-order chi connectivity index (χ0) is 21.6. The Morgan fingerprint density at radius 2 is 1.71 bits per heavy atom. The van der Waals surface area contributed by atoms with E-state index < -0.39 is 0 Å². The molecule has 0 heterocycles. The molecule has 0 N–H and O–H groups in total. The number of ether oxygens (including phenoxy) is 2. The average Bonchev–Trinajstić information content (AvgIpc) is 2.82. The minimum absolute atomic E-state index is 0.460. The number of methoxy groups -OCH3 is 1. The first kappa shape index (κ1) is 21.0. The van der Waals surface area contributed by atoms with Crippen molar-refractivity contribution in [3.05, 3.63) is 105 Å². The Hall–Kier alpha value is -3.30. The van der Waals surface area contributed by atoms with Gasteiger partial charge in [-0.1, -0.05) is 60.7 Å². The Bertz CT molecular complexity index is 1280. The fourth-order valence-corrected chi connectivity index (χ4v) is 3.79. The molecule has 4 rings (SSSR count). The Kier molecular flexibility index (Phi) is 6.54. The molecule has 0 amide bonds. The third-order valence-corrected chi connectivity index (χ3v) is 5.73. The highest BCUT2D eigenvalue weighted by molar-refractivity contribution is 14.1. The fraction of sp³-hybridized carbons (Fsp3) is 0.0741. The van der Waals surface area contributed by atoms with Gasteiger partial charge in [-0.2, -0.15) is 5.26 Å². The van der Waals surface area contributed by atoms with Gasteiger partial charge in [0.05, 0.1) is 18.8 Å². The molecule has 3 nitrogen and oxygen atoms in total. The summed E-state index contributed by atoms with van der Waals surface area (Å²) in [6, 6.07) is 30.4. The van der Waals surface area contributed by atoms with Gasteiger partial charge in [-0.25, -0.2) is 0 Å². The number of fused-ring (bicyclic) bond motifs is 1. The highest BCUT2D eigenvalue weighted by atomic mass is 127. The summed E-state index contributed by atoms with van der Waals surface area (Å²) in [7, 11) is 1.62. The summed E-state index contributed by atoms with van der Waals surface area (Å²) in [4.78, 5) is 0. The van der Waals surface area contributed by atoms with Crippen molar-refractivity contribution in [3.63, 3.8) is 0 Å². The molecule has 0 radical (unpaired) electrons. The second-order valence-electron chi connectivity index (χ2n) is 7.02. The summed E-state index contributed by atoms with van der Waals surface area (Å²) in [5, 5.41) is 12.0. The van der Waals surface area contributed by atoms with Crippen LogP contribution in [0.4, 0.5) is 0 Å². The van der Waals surface area contributed by atoms with Crippen LogP contribution in [0.2, 0.25) is 0 Å². The smallest absolute Gasteiger partial charge is 0.161 e. The van der Waals surface area contributed by atoms with Gasteiger partial charge < -0.3 is 9.47 Å². The van der Waals surface area contributed by atoms with Crippen LogP contribution >= 0.6 is 22.6 Å². The average molecular weight is 517 g/mol. The van der Waals surface area contributed by atoms with Crippen molar-refractivity contribution >= 4 is 45.0 Å². The van der Waals surface area contributed by atoms with Gasteiger partial charge in [0.1, 0.15) is 6.61 Å². The van der Waals surface area contributed by atoms with Crippen LogP contribution in [0.1, 0.15) is 16.7 Å². The second-order valence-corrected chi connectivity index (χ2v) is 8.27. The molecule has 0 saturated carbocycles. The Balaban J connectivity index is 1.62. The van der Waals surface area contributed by atoms with Crippen LogP contribution in [0, 0.1) is 14.9 Å². The van der Waals surface area contributed by atoms with Gasteiger partial charge in [0.2, 0.25) is 0 Å². The first-order chi connectivity index (χ1) is 15.2. The molecule has 0 atom stereocenters. The number of nitrogens with zero attached hydrogens (tertiary/aromatic N) is 1. The van der Waals surface area contributed by atoms with Crippen molar-refractivity contribution in [2.24, 2.45) is 0 Å². The summed E-state index contributed by atoms with van der Waals surface area (Å²) in [5.74, 6) is 1.30. The zero-order valence-electron chi connectivity index (χ0n) is 17.0. The molecule has 0 aliphatic carbocycles. The number of rotatable bonds is 6. The van der Waals surface area contributed by atoms with Crippen LogP contribution < -0.4 is 9.47 Å². The number of hydrogen-bond acceptors (Lipinski definition) is 3. The van der Waals surface area contributed by atoms with E-state index in [1.54, 1.807) is 7.11 Å². The van der Waals surface area contributed by atoms with Gasteiger partial charge in [-0.15, -0.1) is 0 Å². The number of allylic oxidation sites excluding steroid dienone is 1. The van der Waals surface area contributed by atoms with E-state index >= 15 is 0 Å². The lowest BCUT2D eigenvalue weighted by molar-refractivity contribution is 0.284. The molecule has 0 fully saturated rings. The molecule has 0 saturated heterocycles. The molecule has 0 bridgehead atoms. The first-order valence-electron chi connectivity index (χ1n) is 9.83. The van der Waals surface area contributed by atoms with Gasteiger partial charge in [-0.05, 0) is 74.8 Å². The van der Waals surface area contributed by atoms with E-state index in [0.717, 1.165) is 27.5 Å². The lowest BCUT2D eigenvalue weighted by atomic mass is 9.97. The number of nitriles is 1. The maximum absolute atomic E-state index is 9.84. The summed E-state index contributed by atoms with van der Waals surface area (Å²) in [6.45, 7) is 0.460. The quantitative estimate of drug-likeness (QED) is 0.156. The molecule has 0 aliphatic heterocycles. The van der Waals surface area contributed by atoms with Crippen molar-refractivity contribution in [2.75, 3.05) is 7.11 Å². The van der Waals surface area contributed by atoms with Gasteiger partial charge >= 0.3 is 0 Å². The second kappa shape index (κ2) is 9.67. The fourth-order valence-electron chi connectivity index (χ4n) is 3.43. The third kappa shape index (κ3) is 4.89. The summed E-state index contributed by atoms with van der Waals surface area (Å²) in [5.41, 5.74) is 3.49. The largest absolute Gasteiger partial charge is 0.493 e. The van der Waals surface area contributed by atoms with Crippen LogP contribution in [-0.2, 0) is 6.61 Å². The predicted octanol–water partition coefficient (Wildman–Crippen LogP) is 7.10. The molecule has 0 aliphatic rings. The molecule has 0 spiro atoms. The molecule has 4 aromatic rings. The van der Waals surface area contributed by atoms with Gasteiger partial charge in [0.15, 0.2) is 11.5 Å². The molecule has 152 valence electrons. The standard InChI is InChI=1S/C27H20INO2/c1-30-27-16-20(11-14-26(27)31-18-19-9-12-23(28)13-10-19)15-22(17-29)25-8-4-6-21-5-2-3-7-24(21)25/h2-16H,18H2,1H3/b22-15+. The van der Waals surface area contributed by atoms with Crippen LogP contribution in [0.15, 0.2) is 84.9 Å². The van der Waals surface area contributed by atoms with Gasteiger partial charge in [0.25, 0.3) is 0 Å². The Morgan fingerprint density at radius 1 is 0.935 bits per heavy atom. The topological polar surface area (TPSA) is 42.2 Å². The molecule has 4 aromatic carbocycles. The van der Waals surface area contributed by atoms with Crippen LogP contribution in [0.5, 0.6) is 11.5 Å². The Labute approximate surface area is 195 Å². The van der Waals surface area contributed by atoms with E-state index in [9.17, 15) is 5.26 Å². The van der Waals surface area contributed by atoms with E-state index in [2.05, 4.69) is 65.1 Å². The van der Waals surface area contributed by atoms with Crippen LogP contribution in [0.3, 0.4) is 0 Å². The predicted molar refractivity (Wildman–Crippen MR) is 134 cm³/mol. The molecule has 0 aromatic heterocycles. The SMILES string of the molecule is COc1cc(/C=C(\C#N)c2cccc3ccccc23)ccc1OCc1ccc(I)cc1. The zero-order valence-corrected chi connectivity index (χ0v) is 19.2. The lowest BCUT2D eigenvalue weighted by Crippen LogP contribution is -1.98. The van der Waals surface area contributed by atoms with Crippen molar-refractivity contribution in [1.29, 1.82) is 5.26 Å². The normalized spacial score (nSPS) is 11.2. The number of halogens is 1. The first-order valence-corrected chi connectivity index (χ1v) is 10.9. The van der Waals surface area contributed by atoms with Crippen molar-refractivity contribution in [2.45, 2.75) is 6.61 Å². The molecule has 0 unspecified atom stereocenters. The molecular formula is C27H20INO2. The van der Waals surface area contributed by atoms with Crippen LogP contribution in [-0.4, -0.2) is 7.11 Å². The third-order valence-electron chi connectivity index (χ3n) is 5.01. The van der Waals surface area contributed by atoms with Crippen molar-refractivity contribution in [3.8, 4) is 17.6 Å². The van der Waals surface area contributed by atoms with E-state index in [-0.39, 0.29) is 0 Å². The summed E-state index contributed by atoms with van der Waals surface area (Å²) >= 11 is 2.28. The van der Waals surface area contributed by atoms with Crippen LogP contribution in [0.25, 0.3) is 22.4 Å². The number of hydrogen-bond donors (Lipinski definition) is 0. The molecular weight excluding hydrogens is 497 g/mol. The summed E-state index contributed by atoms with van der Waals surface area (Å²) < 4.78 is 12.7. The maximum Gasteiger partial charge on any atom is 0.161 e. The van der Waals surface area contributed by atoms with Gasteiger partial charge in [-0.3, -0.25) is 0 Å². The number of benzene rings is 4. The monoisotopic (exact) mass is 517 g/mol. The van der Waals surface area contributed by atoms with Crippen molar-refractivity contribution < 1.29 is 9.47 Å². The lowest BCUT2D eigenvalue weighted by Gasteiger charge is -2.12. The van der Waals surface area contributed by atoms with E-state index in [0.29, 0.717) is 23.7 Å². The Morgan fingerprint density at radius 3 is 2.48 bits per heavy atom. The van der Waals surface area contributed by atoms with E-state index in [1.165, 1.54) is 3.57 Å². The highest BCUT2D eigenvalue weighted by Gasteiger charge is 2.09. The van der Waals surface area contributed by atoms with Gasteiger partial charge in [0, 0.05) is 9.13 Å². The molecule has 4 heteroatoms. The van der Waals surface area contributed by atoms with E-state index in [1.807, 2.05) is 54.6 Å². The summed E-state index contributed by atoms with van der Waals surface area (Å²) in [6.07, 6.45) is 1.88. The minimum Gasteiger partial charge on any atom is -0.493 e. The molecule has 31 heavy (non-hydrogen) atoms. The maximum atomic E-state index is 9.84. The van der Waals surface area contributed by atoms with E-state index in [4.69, 9.17) is 9.47 Å².